The zero-order valence-corrected chi connectivity index (χ0v) is 20.0. The number of nitrogens with one attached hydrogen (secondary N) is 2. The van der Waals surface area contributed by atoms with Gasteiger partial charge in [0.15, 0.2) is 5.82 Å². The molecule has 4 rings (SSSR count). The van der Waals surface area contributed by atoms with Crippen molar-refractivity contribution in [1.29, 1.82) is 0 Å². The molecule has 0 radical (unpaired) electrons. The van der Waals surface area contributed by atoms with Gasteiger partial charge in [-0.3, -0.25) is 18.4 Å². The number of benzene rings is 1. The first kappa shape index (κ1) is 25.1. The van der Waals surface area contributed by atoms with Crippen LogP contribution in [0.25, 0.3) is 22.2 Å². The quantitative estimate of drug-likeness (QED) is 0.236. The Bertz CT molecular complexity index is 1490. The van der Waals surface area contributed by atoms with E-state index in [1.54, 1.807) is 31.3 Å². The smallest absolute Gasteiger partial charge is 0.261 e. The predicted molar refractivity (Wildman–Crippen MR) is 132 cm³/mol. The minimum absolute atomic E-state index is 0.0222. The van der Waals surface area contributed by atoms with Gasteiger partial charge in [-0.1, -0.05) is 6.92 Å². The lowest BCUT2D eigenvalue weighted by atomic mass is 10.00. The molecule has 3 N–H and O–H groups in total. The van der Waals surface area contributed by atoms with Crippen LogP contribution in [0.3, 0.4) is 0 Å². The molecule has 9 nitrogen and oxygen atoms in total. The minimum atomic E-state index is -2.57. The highest BCUT2D eigenvalue weighted by Gasteiger charge is 2.27. The van der Waals surface area contributed by atoms with Crippen LogP contribution >= 0.6 is 0 Å². The number of aromatic amines is 1. The third kappa shape index (κ3) is 4.86. The second-order valence-electron chi connectivity index (χ2n) is 7.85. The number of aromatic nitrogens is 3. The van der Waals surface area contributed by atoms with E-state index in [1.807, 2.05) is 0 Å². The average Bonchev–Trinajstić information content (AvgIpc) is 3.26. The van der Waals surface area contributed by atoms with E-state index >= 15 is 4.39 Å². The molecule has 0 spiro atoms. The number of carbonyl (C=O) groups excluding carboxylic acids is 2. The van der Waals surface area contributed by atoms with E-state index in [0.29, 0.717) is 34.4 Å². The average molecular weight is 514 g/mol. The van der Waals surface area contributed by atoms with Crippen LogP contribution in [0.1, 0.15) is 36.2 Å². The molecular formula is C24H21F2N5O4S. The Balaban J connectivity index is 1.76. The number of nitrogens with zero attached hydrogens (tertiary/aromatic N) is 3. The summed E-state index contributed by atoms with van der Waals surface area (Å²) in [6.07, 6.45) is 4.79. The second kappa shape index (κ2) is 10.3. The number of pyridine rings is 2. The highest BCUT2D eigenvalue weighted by atomic mass is 32.2. The SMILES string of the molecule is CCCN(c1ccc(F)c(C(=O)c2c[nH]c3ncc(-c4ccc(NC(C)=O)nc4)cc23)c1F)S(=O)O. The highest BCUT2D eigenvalue weighted by Crippen LogP contribution is 2.31. The molecule has 0 fully saturated rings. The number of hydrogen-bond acceptors (Lipinski definition) is 5. The molecule has 0 aliphatic heterocycles. The van der Waals surface area contributed by atoms with Crippen LogP contribution < -0.4 is 9.62 Å². The molecule has 186 valence electrons. The number of amides is 1. The van der Waals surface area contributed by atoms with Gasteiger partial charge in [-0.05, 0) is 36.8 Å². The van der Waals surface area contributed by atoms with E-state index in [1.165, 1.54) is 19.3 Å². The van der Waals surface area contributed by atoms with Crippen molar-refractivity contribution in [2.75, 3.05) is 16.2 Å². The molecule has 0 saturated carbocycles. The Hall–Kier alpha value is -4.03. The van der Waals surface area contributed by atoms with Crippen LogP contribution in [0.15, 0.2) is 48.9 Å². The van der Waals surface area contributed by atoms with Crippen LogP contribution in [-0.2, 0) is 16.1 Å². The summed E-state index contributed by atoms with van der Waals surface area (Å²) in [6.45, 7) is 3.12. The van der Waals surface area contributed by atoms with E-state index in [9.17, 15) is 22.7 Å². The molecule has 3 heterocycles. The highest BCUT2D eigenvalue weighted by molar-refractivity contribution is 7.80. The summed E-state index contributed by atoms with van der Waals surface area (Å²) in [4.78, 5) is 35.8. The maximum Gasteiger partial charge on any atom is 0.261 e. The van der Waals surface area contributed by atoms with E-state index in [2.05, 4.69) is 20.3 Å². The monoisotopic (exact) mass is 513 g/mol. The van der Waals surface area contributed by atoms with Gasteiger partial charge in [0.05, 0.1) is 11.3 Å². The zero-order chi connectivity index (χ0) is 26.0. The molecule has 4 aromatic rings. The Morgan fingerprint density at radius 1 is 1.14 bits per heavy atom. The van der Waals surface area contributed by atoms with Gasteiger partial charge in [0.1, 0.15) is 17.3 Å². The maximum atomic E-state index is 15.4. The lowest BCUT2D eigenvalue weighted by Crippen LogP contribution is -2.27. The number of hydrogen-bond donors (Lipinski definition) is 3. The van der Waals surface area contributed by atoms with Gasteiger partial charge in [-0.15, -0.1) is 0 Å². The van der Waals surface area contributed by atoms with Gasteiger partial charge in [0, 0.05) is 54.1 Å². The molecule has 0 saturated heterocycles. The molecule has 1 amide bonds. The first-order valence-electron chi connectivity index (χ1n) is 10.8. The summed E-state index contributed by atoms with van der Waals surface area (Å²) < 4.78 is 52.2. The minimum Gasteiger partial charge on any atom is -0.345 e. The van der Waals surface area contributed by atoms with Crippen molar-refractivity contribution in [2.24, 2.45) is 0 Å². The third-order valence-corrected chi connectivity index (χ3v) is 6.11. The van der Waals surface area contributed by atoms with Crippen LogP contribution in [0, 0.1) is 11.6 Å². The molecule has 1 aromatic carbocycles. The number of halogens is 2. The Morgan fingerprint density at radius 2 is 1.89 bits per heavy atom. The first-order valence-corrected chi connectivity index (χ1v) is 11.9. The van der Waals surface area contributed by atoms with Crippen molar-refractivity contribution in [2.45, 2.75) is 20.3 Å². The molecule has 1 unspecified atom stereocenters. The number of anilines is 2. The fraction of sp³-hybridized carbons (Fsp3) is 0.167. The van der Waals surface area contributed by atoms with Gasteiger partial charge in [-0.2, -0.15) is 0 Å². The molecule has 12 heteroatoms. The Morgan fingerprint density at radius 3 is 2.53 bits per heavy atom. The molecule has 3 aromatic heterocycles. The summed E-state index contributed by atoms with van der Waals surface area (Å²) in [5, 5.41) is 2.89. The largest absolute Gasteiger partial charge is 0.345 e. The van der Waals surface area contributed by atoms with Gasteiger partial charge in [0.2, 0.25) is 11.7 Å². The van der Waals surface area contributed by atoms with Crippen molar-refractivity contribution in [3.05, 3.63) is 71.7 Å². The molecule has 0 bridgehead atoms. The number of H-pyrrole nitrogens is 1. The maximum absolute atomic E-state index is 15.4. The summed E-state index contributed by atoms with van der Waals surface area (Å²) in [5.74, 6) is -3.17. The van der Waals surface area contributed by atoms with Crippen molar-refractivity contribution >= 4 is 45.5 Å². The number of ketones is 1. The first-order chi connectivity index (χ1) is 17.2. The van der Waals surface area contributed by atoms with E-state index in [-0.39, 0.29) is 23.7 Å². The molecule has 1 atom stereocenters. The lowest BCUT2D eigenvalue weighted by Gasteiger charge is -2.20. The Labute approximate surface area is 207 Å². The van der Waals surface area contributed by atoms with Gasteiger partial charge in [0.25, 0.3) is 11.3 Å². The molecule has 0 aliphatic carbocycles. The van der Waals surface area contributed by atoms with E-state index in [0.717, 1.165) is 16.4 Å². The summed E-state index contributed by atoms with van der Waals surface area (Å²) in [6, 6.07) is 6.86. The number of rotatable bonds is 8. The Kier molecular flexibility index (Phi) is 7.17. The van der Waals surface area contributed by atoms with Crippen molar-refractivity contribution in [3.8, 4) is 11.1 Å². The van der Waals surface area contributed by atoms with Crippen molar-refractivity contribution in [1.82, 2.24) is 15.0 Å². The van der Waals surface area contributed by atoms with Crippen molar-refractivity contribution < 1.29 is 27.1 Å². The van der Waals surface area contributed by atoms with Crippen LogP contribution in [0.4, 0.5) is 20.3 Å². The standard InChI is InChI=1S/C24H21F2N5O4S/c1-3-8-31(36(34)35)19-6-5-18(25)21(22(19)26)23(33)17-12-29-24-16(17)9-15(11-28-24)14-4-7-20(27-10-14)30-13(2)32/h4-7,9-12H,3,8H2,1-2H3,(H,28,29)(H,34,35)(H,27,30,32). The summed E-state index contributed by atoms with van der Waals surface area (Å²) in [7, 11) is 0. The molecular weight excluding hydrogens is 492 g/mol. The van der Waals surface area contributed by atoms with Gasteiger partial charge < -0.3 is 10.3 Å². The summed E-state index contributed by atoms with van der Waals surface area (Å²) >= 11 is -2.57. The fourth-order valence-corrected chi connectivity index (χ4v) is 4.38. The van der Waals surface area contributed by atoms with Crippen LogP contribution in [-0.4, -0.2) is 41.9 Å². The number of fused-ring (bicyclic) bond motifs is 1. The van der Waals surface area contributed by atoms with Crippen LogP contribution in [0.2, 0.25) is 0 Å². The zero-order valence-electron chi connectivity index (χ0n) is 19.2. The molecule has 0 aliphatic rings. The van der Waals surface area contributed by atoms with Crippen molar-refractivity contribution in [3.63, 3.8) is 0 Å². The number of carbonyl (C=O) groups is 2. The fourth-order valence-electron chi connectivity index (χ4n) is 3.73. The van der Waals surface area contributed by atoms with Gasteiger partial charge in [-0.25, -0.2) is 23.0 Å². The van der Waals surface area contributed by atoms with E-state index in [4.69, 9.17) is 0 Å². The predicted octanol–water partition coefficient (Wildman–Crippen LogP) is 4.45. The normalized spacial score (nSPS) is 11.9. The summed E-state index contributed by atoms with van der Waals surface area (Å²) in [5.41, 5.74) is 0.323. The second-order valence-corrected chi connectivity index (χ2v) is 8.76. The van der Waals surface area contributed by atoms with Crippen LogP contribution in [0.5, 0.6) is 0 Å². The lowest BCUT2D eigenvalue weighted by molar-refractivity contribution is -0.114. The van der Waals surface area contributed by atoms with Gasteiger partial charge >= 0.3 is 0 Å². The molecule has 36 heavy (non-hydrogen) atoms. The van der Waals surface area contributed by atoms with E-state index < -0.39 is 34.2 Å². The topological polar surface area (TPSA) is 128 Å². The third-order valence-electron chi connectivity index (χ3n) is 5.36.